The van der Waals surface area contributed by atoms with Gasteiger partial charge in [-0.05, 0) is 24.3 Å². The summed E-state index contributed by atoms with van der Waals surface area (Å²) in [5, 5.41) is 2.29. The smallest absolute Gasteiger partial charge is 0.244 e. The molecule has 2 N–H and O–H groups in total. The average molecular weight is 368 g/mol. The van der Waals surface area contributed by atoms with E-state index in [1.165, 1.54) is 44.6 Å². The number of amides is 1. The predicted octanol–water partition coefficient (Wildman–Crippen LogP) is 1.76. The minimum Gasteiger partial charge on any atom is -0.497 e. The minimum absolute atomic E-state index is 0.0364. The average Bonchev–Trinajstić information content (AvgIpc) is 2.61. The molecule has 0 saturated heterocycles. The number of ether oxygens (including phenoxy) is 2. The minimum atomic E-state index is -4.04. The van der Waals surface area contributed by atoms with Crippen LogP contribution in [0.5, 0.6) is 11.5 Å². The van der Waals surface area contributed by atoms with E-state index in [0.29, 0.717) is 5.75 Å². The van der Waals surface area contributed by atoms with E-state index < -0.39 is 28.3 Å². The fourth-order valence-electron chi connectivity index (χ4n) is 1.99. The molecule has 9 heteroatoms. The second kappa shape index (κ2) is 7.95. The number of hydrogen-bond acceptors (Lipinski definition) is 5. The molecule has 0 atom stereocenters. The molecule has 25 heavy (non-hydrogen) atoms. The number of para-hydroxylation sites is 1. The second-order valence-electron chi connectivity index (χ2n) is 4.87. The normalized spacial score (nSPS) is 11.0. The van der Waals surface area contributed by atoms with Crippen molar-refractivity contribution < 1.29 is 27.1 Å². The first-order valence-corrected chi connectivity index (χ1v) is 8.62. The number of hydrogen-bond donors (Lipinski definition) is 2. The number of benzene rings is 2. The van der Waals surface area contributed by atoms with Crippen molar-refractivity contribution in [1.29, 1.82) is 0 Å². The molecule has 2 rings (SSSR count). The van der Waals surface area contributed by atoms with E-state index >= 15 is 0 Å². The molecule has 0 saturated carbocycles. The molecular weight excluding hydrogens is 351 g/mol. The molecule has 2 aromatic rings. The van der Waals surface area contributed by atoms with E-state index in [1.54, 1.807) is 12.1 Å². The third-order valence-corrected chi connectivity index (χ3v) is 4.65. The Morgan fingerprint density at radius 1 is 1.12 bits per heavy atom. The summed E-state index contributed by atoms with van der Waals surface area (Å²) in [7, 11) is -1.32. The topological polar surface area (TPSA) is 93.7 Å². The monoisotopic (exact) mass is 368 g/mol. The summed E-state index contributed by atoms with van der Waals surface area (Å²) in [5.41, 5.74) is -0.0364. The zero-order valence-electron chi connectivity index (χ0n) is 13.6. The molecule has 0 aliphatic rings. The first-order valence-electron chi connectivity index (χ1n) is 7.13. The molecule has 0 bridgehead atoms. The van der Waals surface area contributed by atoms with Crippen LogP contribution < -0.4 is 19.5 Å². The van der Waals surface area contributed by atoms with Crippen LogP contribution in [0.3, 0.4) is 0 Å². The molecule has 0 aliphatic carbocycles. The van der Waals surface area contributed by atoms with Gasteiger partial charge in [0, 0.05) is 6.07 Å². The van der Waals surface area contributed by atoms with Gasteiger partial charge in [0.2, 0.25) is 15.9 Å². The largest absolute Gasteiger partial charge is 0.497 e. The number of nitrogens with one attached hydrogen (secondary N) is 2. The highest BCUT2D eigenvalue weighted by atomic mass is 32.2. The van der Waals surface area contributed by atoms with Gasteiger partial charge in [0.05, 0.1) is 26.5 Å². The Kier molecular flexibility index (Phi) is 5.94. The third kappa shape index (κ3) is 4.68. The van der Waals surface area contributed by atoms with Crippen LogP contribution in [0, 0.1) is 5.82 Å². The van der Waals surface area contributed by atoms with Gasteiger partial charge in [0.25, 0.3) is 0 Å². The summed E-state index contributed by atoms with van der Waals surface area (Å²) in [4.78, 5) is 11.7. The third-order valence-electron chi connectivity index (χ3n) is 3.23. The van der Waals surface area contributed by atoms with Gasteiger partial charge in [-0.25, -0.2) is 17.5 Å². The highest BCUT2D eigenvalue weighted by Gasteiger charge is 2.21. The summed E-state index contributed by atoms with van der Waals surface area (Å²) in [6, 6.07) is 9.83. The van der Waals surface area contributed by atoms with Crippen molar-refractivity contribution >= 4 is 21.6 Å². The maximum atomic E-state index is 13.5. The molecule has 1 amide bonds. The van der Waals surface area contributed by atoms with Gasteiger partial charge in [0.15, 0.2) is 0 Å². The van der Waals surface area contributed by atoms with E-state index in [2.05, 4.69) is 10.0 Å². The SMILES string of the molecule is COc1ccc(OC)c(S(=O)(=O)NCC(=O)Nc2ccccc2F)c1. The van der Waals surface area contributed by atoms with E-state index in [1.807, 2.05) is 0 Å². The standard InChI is InChI=1S/C16H17FN2O5S/c1-23-11-7-8-14(24-2)15(9-11)25(21,22)18-10-16(20)19-13-6-4-3-5-12(13)17/h3-9,18H,10H2,1-2H3,(H,19,20). The molecule has 0 unspecified atom stereocenters. The number of carbonyl (C=O) groups is 1. The number of anilines is 1. The lowest BCUT2D eigenvalue weighted by atomic mass is 10.3. The lowest BCUT2D eigenvalue weighted by Gasteiger charge is -2.12. The molecule has 0 fully saturated rings. The summed E-state index contributed by atoms with van der Waals surface area (Å²) in [6.45, 7) is -0.572. The molecule has 7 nitrogen and oxygen atoms in total. The molecule has 0 spiro atoms. The Morgan fingerprint density at radius 3 is 2.48 bits per heavy atom. The Balaban J connectivity index is 2.11. The Bertz CT molecular complexity index is 871. The maximum Gasteiger partial charge on any atom is 0.244 e. The van der Waals surface area contributed by atoms with Gasteiger partial charge in [-0.2, -0.15) is 0 Å². The van der Waals surface area contributed by atoms with Crippen molar-refractivity contribution in [2.45, 2.75) is 4.90 Å². The summed E-state index contributed by atoms with van der Waals surface area (Å²) < 4.78 is 50.5. The fourth-order valence-corrected chi connectivity index (χ4v) is 3.15. The number of carbonyl (C=O) groups excluding carboxylic acids is 1. The Labute approximate surface area is 144 Å². The van der Waals surface area contributed by atoms with Crippen molar-refractivity contribution in [1.82, 2.24) is 4.72 Å². The highest BCUT2D eigenvalue weighted by molar-refractivity contribution is 7.89. The van der Waals surface area contributed by atoms with E-state index in [0.717, 1.165) is 0 Å². The zero-order valence-corrected chi connectivity index (χ0v) is 14.4. The lowest BCUT2D eigenvalue weighted by Crippen LogP contribution is -2.33. The summed E-state index contributed by atoms with van der Waals surface area (Å²) in [5.74, 6) is -0.913. The lowest BCUT2D eigenvalue weighted by molar-refractivity contribution is -0.115. The quantitative estimate of drug-likeness (QED) is 0.777. The van der Waals surface area contributed by atoms with Crippen LogP contribution in [-0.4, -0.2) is 35.1 Å². The molecule has 134 valence electrons. The highest BCUT2D eigenvalue weighted by Crippen LogP contribution is 2.27. The molecule has 0 heterocycles. The van der Waals surface area contributed by atoms with Crippen LogP contribution in [0.25, 0.3) is 0 Å². The van der Waals surface area contributed by atoms with Gasteiger partial charge in [-0.1, -0.05) is 12.1 Å². The summed E-state index contributed by atoms with van der Waals surface area (Å²) in [6.07, 6.45) is 0. The number of methoxy groups -OCH3 is 2. The van der Waals surface area contributed by atoms with Crippen LogP contribution in [0.1, 0.15) is 0 Å². The van der Waals surface area contributed by atoms with Gasteiger partial charge in [-0.3, -0.25) is 4.79 Å². The predicted molar refractivity (Wildman–Crippen MR) is 89.8 cm³/mol. The second-order valence-corrected chi connectivity index (χ2v) is 6.60. The Morgan fingerprint density at radius 2 is 1.84 bits per heavy atom. The zero-order chi connectivity index (χ0) is 18.4. The first kappa shape index (κ1) is 18.7. The van der Waals surface area contributed by atoms with Crippen LogP contribution >= 0.6 is 0 Å². The van der Waals surface area contributed by atoms with E-state index in [-0.39, 0.29) is 16.3 Å². The number of rotatable bonds is 7. The van der Waals surface area contributed by atoms with Crippen molar-refractivity contribution in [2.24, 2.45) is 0 Å². The van der Waals surface area contributed by atoms with Crippen molar-refractivity contribution in [3.8, 4) is 11.5 Å². The molecule has 0 radical (unpaired) electrons. The molecule has 0 aliphatic heterocycles. The van der Waals surface area contributed by atoms with E-state index in [4.69, 9.17) is 9.47 Å². The number of halogens is 1. The summed E-state index contributed by atoms with van der Waals surface area (Å²) >= 11 is 0. The molecular formula is C16H17FN2O5S. The first-order chi connectivity index (χ1) is 11.9. The van der Waals surface area contributed by atoms with Gasteiger partial charge < -0.3 is 14.8 Å². The van der Waals surface area contributed by atoms with Crippen molar-refractivity contribution in [3.63, 3.8) is 0 Å². The van der Waals surface area contributed by atoms with Gasteiger partial charge in [-0.15, -0.1) is 0 Å². The van der Waals surface area contributed by atoms with Crippen LogP contribution in [0.15, 0.2) is 47.4 Å². The van der Waals surface area contributed by atoms with E-state index in [9.17, 15) is 17.6 Å². The Hall–Kier alpha value is -2.65. The van der Waals surface area contributed by atoms with Gasteiger partial charge in [0.1, 0.15) is 22.2 Å². The fraction of sp³-hybridized carbons (Fsp3) is 0.188. The van der Waals surface area contributed by atoms with Crippen molar-refractivity contribution in [2.75, 3.05) is 26.1 Å². The molecule has 0 aromatic heterocycles. The number of sulfonamides is 1. The maximum absolute atomic E-state index is 13.5. The van der Waals surface area contributed by atoms with Crippen molar-refractivity contribution in [3.05, 3.63) is 48.3 Å². The van der Waals surface area contributed by atoms with Crippen LogP contribution in [0.2, 0.25) is 0 Å². The van der Waals surface area contributed by atoms with Crippen LogP contribution in [0.4, 0.5) is 10.1 Å². The molecule has 2 aromatic carbocycles. The van der Waals surface area contributed by atoms with Gasteiger partial charge >= 0.3 is 0 Å². The van der Waals surface area contributed by atoms with Crippen LogP contribution in [-0.2, 0) is 14.8 Å².